The van der Waals surface area contributed by atoms with Crippen LogP contribution in [0.3, 0.4) is 0 Å². The first kappa shape index (κ1) is 17.5. The predicted octanol–water partition coefficient (Wildman–Crippen LogP) is 3.86. The van der Waals surface area contributed by atoms with Crippen molar-refractivity contribution in [2.45, 2.75) is 16.8 Å². The first-order chi connectivity index (χ1) is 12.9. The second kappa shape index (κ2) is 6.68. The Hall–Kier alpha value is -2.90. The molecule has 0 spiro atoms. The summed E-state index contributed by atoms with van der Waals surface area (Å²) in [6, 6.07) is 18.5. The maximum atomic E-state index is 12.9. The Labute approximate surface area is 159 Å². The second-order valence-corrected chi connectivity index (χ2v) is 8.93. The molecule has 0 aliphatic carbocycles. The fourth-order valence-electron chi connectivity index (χ4n) is 2.64. The number of hydrogen-bond acceptors (Lipinski definition) is 6. The highest BCUT2D eigenvalue weighted by molar-refractivity contribution is 7.91. The summed E-state index contributed by atoms with van der Waals surface area (Å²) < 4.78 is 26.5. The maximum absolute atomic E-state index is 12.9. The van der Waals surface area contributed by atoms with E-state index in [0.29, 0.717) is 16.1 Å². The molecule has 0 aliphatic rings. The van der Waals surface area contributed by atoms with Crippen molar-refractivity contribution in [3.63, 3.8) is 0 Å². The van der Waals surface area contributed by atoms with Crippen LogP contribution in [-0.4, -0.2) is 18.4 Å². The molecule has 0 N–H and O–H groups in total. The average Bonchev–Trinajstić information content (AvgIpc) is 2.68. The lowest BCUT2D eigenvalue weighted by atomic mass is 10.2. The van der Waals surface area contributed by atoms with Gasteiger partial charge in [-0.1, -0.05) is 35.9 Å². The highest BCUT2D eigenvalue weighted by Gasteiger charge is 2.20. The van der Waals surface area contributed by atoms with Crippen LogP contribution in [0.1, 0.15) is 5.56 Å². The van der Waals surface area contributed by atoms with E-state index in [1.54, 1.807) is 48.5 Å². The second-order valence-electron chi connectivity index (χ2n) is 6.00. The highest BCUT2D eigenvalue weighted by atomic mass is 32.2. The zero-order valence-corrected chi connectivity index (χ0v) is 15.9. The van der Waals surface area contributed by atoms with Gasteiger partial charge in [0.25, 0.3) is 5.56 Å². The molecule has 2 aromatic heterocycles. The largest absolute Gasteiger partial charge is 0.279 e. The van der Waals surface area contributed by atoms with Crippen molar-refractivity contribution in [1.82, 2.24) is 9.97 Å². The summed E-state index contributed by atoms with van der Waals surface area (Å²) >= 11 is 1.30. The van der Waals surface area contributed by atoms with Crippen LogP contribution in [0.15, 0.2) is 81.4 Å². The Balaban J connectivity index is 1.84. The Morgan fingerprint density at radius 2 is 1.59 bits per heavy atom. The van der Waals surface area contributed by atoms with Crippen LogP contribution in [0.4, 0.5) is 0 Å². The third-order valence-corrected chi connectivity index (χ3v) is 6.82. The lowest BCUT2D eigenvalue weighted by Crippen LogP contribution is -2.08. The number of aromatic nitrogens is 2. The van der Waals surface area contributed by atoms with Crippen molar-refractivity contribution in [2.75, 3.05) is 0 Å². The lowest BCUT2D eigenvalue weighted by Gasteiger charge is -2.06. The molecular weight excluding hydrogens is 380 g/mol. The minimum atomic E-state index is -3.75. The quantitative estimate of drug-likeness (QED) is 0.527. The first-order valence-corrected chi connectivity index (χ1v) is 10.4. The van der Waals surface area contributed by atoms with Gasteiger partial charge in [-0.25, -0.2) is 13.4 Å². The number of sulfone groups is 1. The minimum Gasteiger partial charge on any atom is -0.267 e. The topological polar surface area (TPSA) is 77.0 Å². The number of pyridine rings is 1. The van der Waals surface area contributed by atoms with Crippen molar-refractivity contribution in [3.8, 4) is 10.7 Å². The highest BCUT2D eigenvalue weighted by Crippen LogP contribution is 2.27. The molecule has 2 aromatic carbocycles. The van der Waals surface area contributed by atoms with Gasteiger partial charge in [-0.15, -0.1) is 11.3 Å². The summed E-state index contributed by atoms with van der Waals surface area (Å²) in [5.41, 5.74) is 0.977. The predicted molar refractivity (Wildman–Crippen MR) is 106 cm³/mol. The lowest BCUT2D eigenvalue weighted by molar-refractivity contribution is 0.592. The van der Waals surface area contributed by atoms with E-state index in [9.17, 15) is 13.2 Å². The van der Waals surface area contributed by atoms with Gasteiger partial charge < -0.3 is 0 Å². The minimum absolute atomic E-state index is 0.0709. The molecule has 2 heterocycles. The zero-order valence-electron chi connectivity index (χ0n) is 14.3. The molecule has 4 aromatic rings. The molecule has 0 aliphatic heterocycles. The van der Waals surface area contributed by atoms with E-state index in [0.717, 1.165) is 10.3 Å². The van der Waals surface area contributed by atoms with Crippen LogP contribution in [-0.2, 0) is 9.84 Å². The normalized spacial score (nSPS) is 11.6. The molecule has 0 radical (unpaired) electrons. The molecular formula is C20H14N2O3S2. The van der Waals surface area contributed by atoms with Gasteiger partial charge in [0.05, 0.1) is 10.3 Å². The van der Waals surface area contributed by atoms with Crippen molar-refractivity contribution in [1.29, 1.82) is 0 Å². The van der Waals surface area contributed by atoms with Crippen molar-refractivity contribution in [3.05, 3.63) is 82.6 Å². The zero-order chi connectivity index (χ0) is 19.0. The van der Waals surface area contributed by atoms with Crippen molar-refractivity contribution >= 4 is 31.3 Å². The molecule has 4 rings (SSSR count). The van der Waals surface area contributed by atoms with Gasteiger partial charge in [-0.05, 0) is 43.3 Å². The van der Waals surface area contributed by atoms with Gasteiger partial charge >= 0.3 is 0 Å². The van der Waals surface area contributed by atoms with Crippen LogP contribution < -0.4 is 5.56 Å². The van der Waals surface area contributed by atoms with Gasteiger partial charge in [0.1, 0.15) is 10.7 Å². The Morgan fingerprint density at radius 3 is 2.37 bits per heavy atom. The monoisotopic (exact) mass is 394 g/mol. The molecule has 27 heavy (non-hydrogen) atoms. The third kappa shape index (κ3) is 3.27. The SMILES string of the molecule is Cc1ccc(S(=O)(=O)c2cccc(-c3nc(=O)c4ccccc4s3)n2)cc1. The van der Waals surface area contributed by atoms with Gasteiger partial charge in [0, 0.05) is 4.70 Å². The van der Waals surface area contributed by atoms with Gasteiger partial charge in [-0.2, -0.15) is 4.98 Å². The van der Waals surface area contributed by atoms with E-state index in [2.05, 4.69) is 9.97 Å². The summed E-state index contributed by atoms with van der Waals surface area (Å²) in [5, 5.41) is 0.854. The van der Waals surface area contributed by atoms with E-state index < -0.39 is 9.84 Å². The maximum Gasteiger partial charge on any atom is 0.279 e. The summed E-state index contributed by atoms with van der Waals surface area (Å²) in [6.07, 6.45) is 0. The molecule has 7 heteroatoms. The summed E-state index contributed by atoms with van der Waals surface area (Å²) in [4.78, 5) is 20.8. The van der Waals surface area contributed by atoms with Crippen molar-refractivity contribution in [2.24, 2.45) is 0 Å². The molecule has 0 saturated heterocycles. The molecule has 0 amide bonds. The van der Waals surface area contributed by atoms with Crippen molar-refractivity contribution < 1.29 is 8.42 Å². The molecule has 0 unspecified atom stereocenters. The number of benzene rings is 2. The smallest absolute Gasteiger partial charge is 0.267 e. The average molecular weight is 394 g/mol. The number of rotatable bonds is 3. The van der Waals surface area contributed by atoms with Gasteiger partial charge in [0.2, 0.25) is 9.84 Å². The Kier molecular flexibility index (Phi) is 4.33. The molecule has 0 saturated carbocycles. The van der Waals surface area contributed by atoms with Crippen LogP contribution in [0.25, 0.3) is 20.8 Å². The molecule has 0 bridgehead atoms. The number of nitrogens with zero attached hydrogens (tertiary/aromatic N) is 2. The summed E-state index contributed by atoms with van der Waals surface area (Å²) in [6.45, 7) is 1.89. The number of aryl methyl sites for hydroxylation is 1. The van der Waals surface area contributed by atoms with Crippen LogP contribution >= 0.6 is 11.3 Å². The van der Waals surface area contributed by atoms with E-state index in [1.165, 1.54) is 17.4 Å². The van der Waals surface area contributed by atoms with Crippen LogP contribution in [0.2, 0.25) is 0 Å². The fraction of sp³-hybridized carbons (Fsp3) is 0.0500. The molecule has 0 atom stereocenters. The van der Waals surface area contributed by atoms with Crippen LogP contribution in [0.5, 0.6) is 0 Å². The van der Waals surface area contributed by atoms with Gasteiger partial charge in [-0.3, -0.25) is 4.79 Å². The molecule has 134 valence electrons. The van der Waals surface area contributed by atoms with E-state index in [4.69, 9.17) is 0 Å². The van der Waals surface area contributed by atoms with E-state index in [-0.39, 0.29) is 15.5 Å². The Bertz CT molecular complexity index is 1310. The number of fused-ring (bicyclic) bond motifs is 1. The van der Waals surface area contributed by atoms with E-state index >= 15 is 0 Å². The fourth-order valence-corrected chi connectivity index (χ4v) is 4.82. The number of hydrogen-bond donors (Lipinski definition) is 0. The van der Waals surface area contributed by atoms with Gasteiger partial charge in [0.15, 0.2) is 5.03 Å². The molecule has 0 fully saturated rings. The summed E-state index contributed by atoms with van der Waals surface area (Å²) in [5.74, 6) is 0. The van der Waals surface area contributed by atoms with E-state index in [1.807, 2.05) is 19.1 Å². The molecule has 5 nitrogen and oxygen atoms in total. The summed E-state index contributed by atoms with van der Waals surface area (Å²) in [7, 11) is -3.75. The Morgan fingerprint density at radius 1 is 0.852 bits per heavy atom. The standard InChI is InChI=1S/C20H14N2O3S2/c1-13-9-11-14(12-10-13)27(24,25)18-8-4-6-16(21-18)20-22-19(23)15-5-2-3-7-17(15)26-20/h2-12H,1H3. The third-order valence-electron chi connectivity index (χ3n) is 4.08. The van der Waals surface area contributed by atoms with Crippen LogP contribution in [0, 0.1) is 6.92 Å². The first-order valence-electron chi connectivity index (χ1n) is 8.14.